The Bertz CT molecular complexity index is 736. The number of fused-ring (bicyclic) bond motifs is 1. The Labute approximate surface area is 136 Å². The Balaban J connectivity index is 2.06. The molecule has 0 amide bonds. The molecule has 2 aromatic rings. The lowest BCUT2D eigenvalue weighted by molar-refractivity contribution is 0.0699. The lowest BCUT2D eigenvalue weighted by atomic mass is 10.0. The summed E-state index contributed by atoms with van der Waals surface area (Å²) < 4.78 is 0. The third-order valence-corrected chi connectivity index (χ3v) is 4.79. The van der Waals surface area contributed by atoms with Crippen LogP contribution in [-0.4, -0.2) is 54.2 Å². The Morgan fingerprint density at radius 1 is 1.35 bits per heavy atom. The van der Waals surface area contributed by atoms with Crippen molar-refractivity contribution < 1.29 is 9.90 Å². The van der Waals surface area contributed by atoms with Crippen molar-refractivity contribution in [1.29, 1.82) is 0 Å². The molecule has 1 aromatic heterocycles. The van der Waals surface area contributed by atoms with Gasteiger partial charge in [0.1, 0.15) is 0 Å². The minimum atomic E-state index is -0.929. The maximum Gasteiger partial charge on any atom is 0.337 e. The van der Waals surface area contributed by atoms with Gasteiger partial charge in [0, 0.05) is 29.9 Å². The number of rotatable bonds is 3. The zero-order valence-electron chi connectivity index (χ0n) is 13.9. The molecule has 2 heterocycles. The van der Waals surface area contributed by atoms with E-state index in [1.165, 1.54) is 0 Å². The van der Waals surface area contributed by atoms with Gasteiger partial charge >= 0.3 is 5.97 Å². The summed E-state index contributed by atoms with van der Waals surface area (Å²) in [6, 6.07) is 7.93. The van der Waals surface area contributed by atoms with Crippen LogP contribution in [0, 0.1) is 6.92 Å². The molecule has 0 radical (unpaired) electrons. The normalized spacial score (nSPS) is 16.7. The Morgan fingerprint density at radius 2 is 2.04 bits per heavy atom. The zero-order chi connectivity index (χ0) is 16.6. The van der Waals surface area contributed by atoms with Crippen molar-refractivity contribution in [3.63, 3.8) is 0 Å². The summed E-state index contributed by atoms with van der Waals surface area (Å²) >= 11 is 0. The molecule has 0 bridgehead atoms. The number of aromatic carboxylic acids is 1. The van der Waals surface area contributed by atoms with Crippen molar-refractivity contribution in [1.82, 2.24) is 9.88 Å². The topological polar surface area (TPSA) is 56.7 Å². The van der Waals surface area contributed by atoms with Crippen LogP contribution in [0.2, 0.25) is 0 Å². The van der Waals surface area contributed by atoms with E-state index in [-0.39, 0.29) is 5.56 Å². The summed E-state index contributed by atoms with van der Waals surface area (Å²) in [6.07, 6.45) is 2.24. The first-order valence-electron chi connectivity index (χ1n) is 8.02. The highest BCUT2D eigenvalue weighted by Gasteiger charge is 2.23. The van der Waals surface area contributed by atoms with Gasteiger partial charge in [0.2, 0.25) is 0 Å². The summed E-state index contributed by atoms with van der Waals surface area (Å²) in [5.74, 6) is -0.929. The van der Waals surface area contributed by atoms with E-state index < -0.39 is 5.97 Å². The summed E-state index contributed by atoms with van der Waals surface area (Å²) in [5, 5.41) is 10.3. The van der Waals surface area contributed by atoms with Gasteiger partial charge in [-0.05, 0) is 52.0 Å². The first-order valence-corrected chi connectivity index (χ1v) is 8.02. The number of hydrogen-bond acceptors (Lipinski definition) is 4. The second kappa shape index (κ2) is 6.16. The Kier molecular flexibility index (Phi) is 4.22. The average Bonchev–Trinajstić information content (AvgIpc) is 2.53. The second-order valence-electron chi connectivity index (χ2n) is 6.44. The van der Waals surface area contributed by atoms with Crippen LogP contribution >= 0.6 is 0 Å². The first-order chi connectivity index (χ1) is 11.0. The fourth-order valence-electron chi connectivity index (χ4n) is 3.40. The molecule has 3 rings (SSSR count). The second-order valence-corrected chi connectivity index (χ2v) is 6.44. The van der Waals surface area contributed by atoms with Crippen LogP contribution in [-0.2, 0) is 0 Å². The Morgan fingerprint density at radius 3 is 2.70 bits per heavy atom. The zero-order valence-corrected chi connectivity index (χ0v) is 13.9. The maximum atomic E-state index is 11.5. The van der Waals surface area contributed by atoms with Crippen LogP contribution in [0.3, 0.4) is 0 Å². The van der Waals surface area contributed by atoms with Crippen molar-refractivity contribution >= 4 is 22.6 Å². The molecule has 1 aromatic carbocycles. The van der Waals surface area contributed by atoms with Crippen molar-refractivity contribution in [2.45, 2.75) is 25.8 Å². The van der Waals surface area contributed by atoms with Crippen molar-refractivity contribution in [3.05, 3.63) is 35.5 Å². The quantitative estimate of drug-likeness (QED) is 0.944. The molecule has 1 saturated heterocycles. The van der Waals surface area contributed by atoms with Gasteiger partial charge in [-0.2, -0.15) is 0 Å². The van der Waals surface area contributed by atoms with Crippen LogP contribution in [0.25, 0.3) is 10.9 Å². The van der Waals surface area contributed by atoms with Gasteiger partial charge in [0.15, 0.2) is 0 Å². The maximum absolute atomic E-state index is 11.5. The number of carboxylic acid groups (broad SMARTS) is 1. The number of aromatic nitrogens is 1. The number of benzene rings is 1. The number of piperidine rings is 1. The van der Waals surface area contributed by atoms with Crippen molar-refractivity contribution in [2.24, 2.45) is 0 Å². The fourth-order valence-corrected chi connectivity index (χ4v) is 3.40. The number of pyridine rings is 1. The van der Waals surface area contributed by atoms with Gasteiger partial charge in [-0.3, -0.25) is 4.98 Å². The molecular formula is C18H23N3O2. The van der Waals surface area contributed by atoms with Gasteiger partial charge in [0.05, 0.1) is 11.1 Å². The molecule has 5 heteroatoms. The standard InChI is InChI=1S/C18H23N3O2/c1-12-11-16(21(3)13-7-9-20(2)10-8-13)14-5-4-6-15(18(22)23)17(14)19-12/h4-6,11,13H,7-10H2,1-3H3,(H,22,23). The van der Waals surface area contributed by atoms with E-state index in [1.807, 2.05) is 13.0 Å². The third-order valence-electron chi connectivity index (χ3n) is 4.79. The van der Waals surface area contributed by atoms with Crippen LogP contribution in [0.5, 0.6) is 0 Å². The highest BCUT2D eigenvalue weighted by atomic mass is 16.4. The predicted molar refractivity (Wildman–Crippen MR) is 92.4 cm³/mol. The van der Waals surface area contributed by atoms with Gasteiger partial charge in [-0.1, -0.05) is 12.1 Å². The van der Waals surface area contributed by atoms with Gasteiger partial charge in [0.25, 0.3) is 0 Å². The monoisotopic (exact) mass is 313 g/mol. The van der Waals surface area contributed by atoms with E-state index in [2.05, 4.69) is 34.9 Å². The average molecular weight is 313 g/mol. The van der Waals surface area contributed by atoms with E-state index in [4.69, 9.17) is 0 Å². The minimum Gasteiger partial charge on any atom is -0.478 e. The van der Waals surface area contributed by atoms with E-state index in [9.17, 15) is 9.90 Å². The molecule has 0 unspecified atom stereocenters. The number of hydrogen-bond donors (Lipinski definition) is 1. The molecule has 23 heavy (non-hydrogen) atoms. The third kappa shape index (κ3) is 3.01. The van der Waals surface area contributed by atoms with Gasteiger partial charge in [-0.15, -0.1) is 0 Å². The molecule has 0 atom stereocenters. The number of carbonyl (C=O) groups is 1. The fraction of sp³-hybridized carbons (Fsp3) is 0.444. The van der Waals surface area contributed by atoms with Crippen molar-refractivity contribution in [2.75, 3.05) is 32.1 Å². The van der Waals surface area contributed by atoms with E-state index >= 15 is 0 Å². The molecule has 0 spiro atoms. The summed E-state index contributed by atoms with van der Waals surface area (Å²) in [4.78, 5) is 20.6. The van der Waals surface area contributed by atoms with Gasteiger partial charge < -0.3 is 14.9 Å². The van der Waals surface area contributed by atoms with Crippen molar-refractivity contribution in [3.8, 4) is 0 Å². The molecule has 0 saturated carbocycles. The number of para-hydroxylation sites is 1. The molecule has 1 fully saturated rings. The van der Waals surface area contributed by atoms with Crippen LogP contribution < -0.4 is 4.90 Å². The van der Waals surface area contributed by atoms with E-state index in [1.54, 1.807) is 12.1 Å². The minimum absolute atomic E-state index is 0.268. The predicted octanol–water partition coefficient (Wildman–Crippen LogP) is 2.77. The molecule has 122 valence electrons. The smallest absolute Gasteiger partial charge is 0.337 e. The number of aryl methyl sites for hydroxylation is 1. The van der Waals surface area contributed by atoms with Crippen LogP contribution in [0.15, 0.2) is 24.3 Å². The molecule has 1 aliphatic rings. The highest BCUT2D eigenvalue weighted by molar-refractivity contribution is 6.05. The lowest BCUT2D eigenvalue weighted by Crippen LogP contribution is -2.42. The van der Waals surface area contributed by atoms with E-state index in [0.29, 0.717) is 11.6 Å². The summed E-state index contributed by atoms with van der Waals surface area (Å²) in [6.45, 7) is 4.11. The lowest BCUT2D eigenvalue weighted by Gasteiger charge is -2.37. The number of anilines is 1. The van der Waals surface area contributed by atoms with E-state index in [0.717, 1.165) is 42.7 Å². The van der Waals surface area contributed by atoms with Crippen LogP contribution in [0.1, 0.15) is 28.9 Å². The molecule has 5 nitrogen and oxygen atoms in total. The summed E-state index contributed by atoms with van der Waals surface area (Å²) in [7, 11) is 4.26. The summed E-state index contributed by atoms with van der Waals surface area (Å²) in [5.41, 5.74) is 2.77. The number of likely N-dealkylation sites (tertiary alicyclic amines) is 1. The molecular weight excluding hydrogens is 290 g/mol. The first kappa shape index (κ1) is 15.7. The molecule has 1 N–H and O–H groups in total. The number of nitrogens with zero attached hydrogens (tertiary/aromatic N) is 3. The van der Waals surface area contributed by atoms with Gasteiger partial charge in [-0.25, -0.2) is 4.79 Å². The SMILES string of the molecule is Cc1cc(N(C)C2CCN(C)CC2)c2cccc(C(=O)O)c2n1. The highest BCUT2D eigenvalue weighted by Crippen LogP contribution is 2.31. The molecule has 1 aliphatic heterocycles. The molecule has 0 aliphatic carbocycles. The van der Waals surface area contributed by atoms with Crippen LogP contribution in [0.4, 0.5) is 5.69 Å². The largest absolute Gasteiger partial charge is 0.478 e. The Hall–Kier alpha value is -2.14. The number of carboxylic acids is 1.